The predicted molar refractivity (Wildman–Crippen MR) is 134 cm³/mol. The quantitative estimate of drug-likeness (QED) is 0.175. The molecule has 0 spiro atoms. The molecular formula is C28H47NO4. The summed E-state index contributed by atoms with van der Waals surface area (Å²) in [6, 6.07) is 4.78. The molecule has 1 heterocycles. The van der Waals surface area contributed by atoms with Gasteiger partial charge in [0.05, 0.1) is 13.2 Å². The van der Waals surface area contributed by atoms with Crippen LogP contribution in [0.3, 0.4) is 0 Å². The van der Waals surface area contributed by atoms with Crippen LogP contribution in [0.1, 0.15) is 133 Å². The molecule has 0 amide bonds. The second-order valence-corrected chi connectivity index (χ2v) is 10.5. The van der Waals surface area contributed by atoms with Crippen molar-refractivity contribution in [3.8, 4) is 0 Å². The van der Waals surface area contributed by atoms with E-state index in [4.69, 9.17) is 9.47 Å². The Labute approximate surface area is 202 Å². The standard InChI is InChI=1S/C28H47NO4/c1-6-7-8-9-10-11-12-13-14-15-16-20-32-26(30)24-18-17-19-25(29-24)27(31)33-22-23(2)21-28(3,4)5/h17-19,23H,6-16,20-22H2,1-5H3. The van der Waals surface area contributed by atoms with Crippen molar-refractivity contribution in [1.29, 1.82) is 0 Å². The molecular weight excluding hydrogens is 414 g/mol. The first kappa shape index (κ1) is 29.1. The lowest BCUT2D eigenvalue weighted by Crippen LogP contribution is -2.19. The minimum Gasteiger partial charge on any atom is -0.461 e. The number of ether oxygens (including phenoxy) is 2. The average Bonchev–Trinajstić information content (AvgIpc) is 2.77. The number of unbranched alkanes of at least 4 members (excludes halogenated alkanes) is 10. The van der Waals surface area contributed by atoms with E-state index in [9.17, 15) is 9.59 Å². The molecule has 1 atom stereocenters. The highest BCUT2D eigenvalue weighted by Gasteiger charge is 2.18. The van der Waals surface area contributed by atoms with Gasteiger partial charge in [0.2, 0.25) is 0 Å². The smallest absolute Gasteiger partial charge is 0.356 e. The number of carbonyl (C=O) groups excluding carboxylic acids is 2. The Balaban J connectivity index is 2.22. The number of nitrogens with zero attached hydrogens (tertiary/aromatic N) is 1. The summed E-state index contributed by atoms with van der Waals surface area (Å²) in [5.74, 6) is -0.735. The number of pyridine rings is 1. The van der Waals surface area contributed by atoms with Crippen LogP contribution in [0.15, 0.2) is 18.2 Å². The summed E-state index contributed by atoms with van der Waals surface area (Å²) in [5.41, 5.74) is 0.471. The van der Waals surface area contributed by atoms with Crippen LogP contribution in [0.2, 0.25) is 0 Å². The Kier molecular flexibility index (Phi) is 14.7. The number of carbonyl (C=O) groups is 2. The van der Waals surface area contributed by atoms with Gasteiger partial charge in [0.25, 0.3) is 0 Å². The molecule has 1 rings (SSSR count). The Morgan fingerprint density at radius 3 is 1.82 bits per heavy atom. The van der Waals surface area contributed by atoms with E-state index >= 15 is 0 Å². The lowest BCUT2D eigenvalue weighted by Gasteiger charge is -2.22. The van der Waals surface area contributed by atoms with Crippen molar-refractivity contribution in [2.75, 3.05) is 13.2 Å². The molecule has 1 aromatic rings. The van der Waals surface area contributed by atoms with Crippen LogP contribution in [-0.2, 0) is 9.47 Å². The topological polar surface area (TPSA) is 65.5 Å². The highest BCUT2D eigenvalue weighted by atomic mass is 16.5. The van der Waals surface area contributed by atoms with Gasteiger partial charge < -0.3 is 9.47 Å². The molecule has 5 nitrogen and oxygen atoms in total. The molecule has 0 aliphatic heterocycles. The maximum absolute atomic E-state index is 12.3. The van der Waals surface area contributed by atoms with E-state index in [-0.39, 0.29) is 22.7 Å². The van der Waals surface area contributed by atoms with Crippen LogP contribution in [0.4, 0.5) is 0 Å². The second-order valence-electron chi connectivity index (χ2n) is 10.5. The van der Waals surface area contributed by atoms with E-state index in [0.29, 0.717) is 13.2 Å². The van der Waals surface area contributed by atoms with Crippen molar-refractivity contribution in [3.05, 3.63) is 29.6 Å². The van der Waals surface area contributed by atoms with Crippen LogP contribution in [0.25, 0.3) is 0 Å². The molecule has 0 aromatic carbocycles. The van der Waals surface area contributed by atoms with Crippen LogP contribution >= 0.6 is 0 Å². The SMILES string of the molecule is CCCCCCCCCCCCCOC(=O)c1cccc(C(=O)OCC(C)CC(C)(C)C)n1. The summed E-state index contributed by atoms with van der Waals surface area (Å²) >= 11 is 0. The molecule has 0 aliphatic rings. The monoisotopic (exact) mass is 461 g/mol. The summed E-state index contributed by atoms with van der Waals surface area (Å²) in [4.78, 5) is 28.8. The van der Waals surface area contributed by atoms with Gasteiger partial charge in [-0.25, -0.2) is 14.6 Å². The molecule has 0 N–H and O–H groups in total. The molecule has 1 unspecified atom stereocenters. The molecule has 0 fully saturated rings. The van der Waals surface area contributed by atoms with Crippen LogP contribution in [0.5, 0.6) is 0 Å². The largest absolute Gasteiger partial charge is 0.461 e. The van der Waals surface area contributed by atoms with Gasteiger partial charge in [0.15, 0.2) is 0 Å². The van der Waals surface area contributed by atoms with E-state index in [1.54, 1.807) is 18.2 Å². The van der Waals surface area contributed by atoms with Crippen LogP contribution in [0, 0.1) is 11.3 Å². The lowest BCUT2D eigenvalue weighted by molar-refractivity contribution is 0.0412. The van der Waals surface area contributed by atoms with Gasteiger partial charge in [-0.2, -0.15) is 0 Å². The Bertz CT molecular complexity index is 681. The molecule has 0 saturated heterocycles. The Hall–Kier alpha value is -1.91. The normalized spacial score (nSPS) is 12.4. The van der Waals surface area contributed by atoms with Crippen molar-refractivity contribution >= 4 is 11.9 Å². The molecule has 33 heavy (non-hydrogen) atoms. The fourth-order valence-corrected chi connectivity index (χ4v) is 4.06. The van der Waals surface area contributed by atoms with Gasteiger partial charge in [-0.1, -0.05) is 105 Å². The molecule has 188 valence electrons. The Morgan fingerprint density at radius 2 is 1.30 bits per heavy atom. The summed E-state index contributed by atoms with van der Waals surface area (Å²) in [5, 5.41) is 0. The first-order valence-electron chi connectivity index (χ1n) is 13.0. The fraction of sp³-hybridized carbons (Fsp3) is 0.750. The van der Waals surface area contributed by atoms with Crippen LogP contribution in [-0.4, -0.2) is 30.1 Å². The number of hydrogen-bond donors (Lipinski definition) is 0. The third-order valence-corrected chi connectivity index (χ3v) is 5.61. The lowest BCUT2D eigenvalue weighted by atomic mass is 9.86. The first-order chi connectivity index (χ1) is 15.7. The van der Waals surface area contributed by atoms with E-state index in [1.165, 1.54) is 57.8 Å². The first-order valence-corrected chi connectivity index (χ1v) is 13.0. The van der Waals surface area contributed by atoms with Crippen molar-refractivity contribution in [2.45, 2.75) is 112 Å². The maximum Gasteiger partial charge on any atom is 0.356 e. The van der Waals surface area contributed by atoms with Gasteiger partial charge in [0.1, 0.15) is 11.4 Å². The number of hydrogen-bond acceptors (Lipinski definition) is 5. The summed E-state index contributed by atoms with van der Waals surface area (Å²) < 4.78 is 10.7. The maximum atomic E-state index is 12.3. The third-order valence-electron chi connectivity index (χ3n) is 5.61. The highest BCUT2D eigenvalue weighted by Crippen LogP contribution is 2.24. The number of rotatable bonds is 17. The van der Waals surface area contributed by atoms with E-state index in [2.05, 4.69) is 39.6 Å². The number of esters is 2. The zero-order chi connectivity index (χ0) is 24.5. The molecule has 0 radical (unpaired) electrons. The van der Waals surface area contributed by atoms with E-state index in [1.807, 2.05) is 0 Å². The van der Waals surface area contributed by atoms with Crippen LogP contribution < -0.4 is 0 Å². The van der Waals surface area contributed by atoms with Crippen molar-refractivity contribution in [3.63, 3.8) is 0 Å². The molecule has 0 saturated carbocycles. The van der Waals surface area contributed by atoms with E-state index in [0.717, 1.165) is 19.3 Å². The van der Waals surface area contributed by atoms with Gasteiger partial charge >= 0.3 is 11.9 Å². The van der Waals surface area contributed by atoms with Crippen molar-refractivity contribution < 1.29 is 19.1 Å². The minimum absolute atomic E-state index is 0.141. The predicted octanol–water partition coefficient (Wildman–Crippen LogP) is 7.78. The Morgan fingerprint density at radius 1 is 0.818 bits per heavy atom. The zero-order valence-corrected chi connectivity index (χ0v) is 21.8. The van der Waals surface area contributed by atoms with Gasteiger partial charge in [0, 0.05) is 0 Å². The van der Waals surface area contributed by atoms with Gasteiger partial charge in [-0.05, 0) is 36.3 Å². The van der Waals surface area contributed by atoms with Gasteiger partial charge in [-0.3, -0.25) is 0 Å². The molecule has 1 aromatic heterocycles. The molecule has 0 bridgehead atoms. The average molecular weight is 462 g/mol. The van der Waals surface area contributed by atoms with Crippen molar-refractivity contribution in [2.24, 2.45) is 11.3 Å². The van der Waals surface area contributed by atoms with Gasteiger partial charge in [-0.15, -0.1) is 0 Å². The summed E-state index contributed by atoms with van der Waals surface area (Å²) in [7, 11) is 0. The fourth-order valence-electron chi connectivity index (χ4n) is 4.06. The zero-order valence-electron chi connectivity index (χ0n) is 21.8. The third kappa shape index (κ3) is 14.8. The molecule has 5 heteroatoms. The second kappa shape index (κ2) is 16.7. The highest BCUT2D eigenvalue weighted by molar-refractivity contribution is 5.91. The summed E-state index contributed by atoms with van der Waals surface area (Å²) in [6.45, 7) is 11.5. The molecule has 0 aliphatic carbocycles. The van der Waals surface area contributed by atoms with E-state index < -0.39 is 11.9 Å². The minimum atomic E-state index is -0.504. The number of aromatic nitrogens is 1. The summed E-state index contributed by atoms with van der Waals surface area (Å²) in [6.07, 6.45) is 14.7. The van der Waals surface area contributed by atoms with Crippen molar-refractivity contribution in [1.82, 2.24) is 4.98 Å².